The molecule has 1 aromatic heterocycles. The van der Waals surface area contributed by atoms with Crippen molar-refractivity contribution in [1.29, 1.82) is 0 Å². The Hall–Kier alpha value is -0.950. The van der Waals surface area contributed by atoms with Crippen LogP contribution in [0.3, 0.4) is 0 Å². The molecule has 2 heterocycles. The molecule has 0 aliphatic carbocycles. The second-order valence-electron chi connectivity index (χ2n) is 4.64. The van der Waals surface area contributed by atoms with E-state index in [1.807, 2.05) is 6.92 Å². The van der Waals surface area contributed by atoms with Gasteiger partial charge >= 0.3 is 5.97 Å². The van der Waals surface area contributed by atoms with E-state index < -0.39 is 0 Å². The van der Waals surface area contributed by atoms with Crippen LogP contribution in [0.4, 0.5) is 0 Å². The Morgan fingerprint density at radius 1 is 1.65 bits per heavy atom. The molecule has 0 saturated carbocycles. The van der Waals surface area contributed by atoms with Gasteiger partial charge < -0.3 is 4.74 Å². The molecule has 0 radical (unpaired) electrons. The van der Waals surface area contributed by atoms with Gasteiger partial charge in [0.25, 0.3) is 5.56 Å². The molecule has 0 fully saturated rings. The van der Waals surface area contributed by atoms with Crippen LogP contribution in [0.5, 0.6) is 0 Å². The van der Waals surface area contributed by atoms with Gasteiger partial charge in [0, 0.05) is 18.2 Å². The van der Waals surface area contributed by atoms with Crippen LogP contribution in [-0.2, 0) is 22.5 Å². The maximum Gasteiger partial charge on any atom is 0.318 e. The van der Waals surface area contributed by atoms with Gasteiger partial charge in [0.1, 0.15) is 5.25 Å². The molecule has 0 N–H and O–H groups in total. The molecule has 0 aromatic carbocycles. The average Bonchev–Trinajstić information content (AvgIpc) is 2.79. The predicted molar refractivity (Wildman–Crippen MR) is 80.5 cm³/mol. The third kappa shape index (κ3) is 2.88. The van der Waals surface area contributed by atoms with E-state index >= 15 is 0 Å². The fourth-order valence-electron chi connectivity index (χ4n) is 2.07. The number of esters is 1. The lowest BCUT2D eigenvalue weighted by atomic mass is 10.2. The summed E-state index contributed by atoms with van der Waals surface area (Å²) in [5.41, 5.74) is 0.864. The zero-order valence-corrected chi connectivity index (χ0v) is 13.6. The first-order valence-electron chi connectivity index (χ1n) is 6.52. The van der Waals surface area contributed by atoms with Crippen molar-refractivity contribution in [3.8, 4) is 0 Å². The summed E-state index contributed by atoms with van der Waals surface area (Å²) in [4.78, 5) is 29.3. The summed E-state index contributed by atoms with van der Waals surface area (Å²) in [6.07, 6.45) is 0.806. The number of aromatic nitrogens is 2. The number of nitrogens with zero attached hydrogens (tertiary/aromatic N) is 2. The van der Waals surface area contributed by atoms with E-state index in [0.29, 0.717) is 17.0 Å². The van der Waals surface area contributed by atoms with Gasteiger partial charge in [-0.3, -0.25) is 14.2 Å². The van der Waals surface area contributed by atoms with Crippen molar-refractivity contribution in [3.63, 3.8) is 0 Å². The molecule has 1 aromatic rings. The number of rotatable bonds is 4. The highest BCUT2D eigenvalue weighted by Gasteiger charge is 2.27. The molecule has 0 spiro atoms. The normalized spacial score (nSPS) is 18.7. The quantitative estimate of drug-likeness (QED) is 0.481. The number of carbonyl (C=O) groups excluding carboxylic acids is 1. The first kappa shape index (κ1) is 15.4. The topological polar surface area (TPSA) is 61.2 Å². The van der Waals surface area contributed by atoms with Gasteiger partial charge in [-0.15, -0.1) is 11.8 Å². The zero-order valence-electron chi connectivity index (χ0n) is 12.0. The standard InChI is InChI=1S/C13H18N2O3S2/c1-5-15-11(16)10-9(6-7(2)19-10)14-13(15)20-8(3)12(17)18-4/h7-8H,5-6H2,1-4H3/t7-,8-/m1/s1. The highest BCUT2D eigenvalue weighted by atomic mass is 32.2. The van der Waals surface area contributed by atoms with E-state index in [-0.39, 0.29) is 16.8 Å². The Morgan fingerprint density at radius 3 is 2.95 bits per heavy atom. The summed E-state index contributed by atoms with van der Waals surface area (Å²) in [6, 6.07) is 0. The molecule has 0 saturated heterocycles. The summed E-state index contributed by atoms with van der Waals surface area (Å²) in [7, 11) is 1.36. The summed E-state index contributed by atoms with van der Waals surface area (Å²) in [5, 5.41) is 0.604. The zero-order chi connectivity index (χ0) is 14.9. The van der Waals surface area contributed by atoms with Crippen molar-refractivity contribution < 1.29 is 9.53 Å². The van der Waals surface area contributed by atoms with Gasteiger partial charge in [0.2, 0.25) is 0 Å². The minimum atomic E-state index is -0.380. The molecule has 110 valence electrons. The largest absolute Gasteiger partial charge is 0.468 e. The van der Waals surface area contributed by atoms with Crippen LogP contribution in [-0.4, -0.2) is 33.1 Å². The fourth-order valence-corrected chi connectivity index (χ4v) is 4.20. The van der Waals surface area contributed by atoms with Crippen LogP contribution in [0.2, 0.25) is 0 Å². The Balaban J connectivity index is 2.39. The number of ether oxygens (including phenoxy) is 1. The van der Waals surface area contributed by atoms with Crippen LogP contribution in [0.1, 0.15) is 26.5 Å². The van der Waals surface area contributed by atoms with Crippen molar-refractivity contribution in [2.45, 2.75) is 54.3 Å². The van der Waals surface area contributed by atoms with Gasteiger partial charge in [-0.1, -0.05) is 18.7 Å². The third-order valence-corrected chi connectivity index (χ3v) is 5.38. The minimum Gasteiger partial charge on any atom is -0.468 e. The van der Waals surface area contributed by atoms with Crippen molar-refractivity contribution in [1.82, 2.24) is 9.55 Å². The monoisotopic (exact) mass is 314 g/mol. The van der Waals surface area contributed by atoms with Gasteiger partial charge in [0.15, 0.2) is 5.16 Å². The Labute approximate surface area is 126 Å². The Kier molecular flexibility index (Phi) is 4.80. The van der Waals surface area contributed by atoms with Crippen LogP contribution >= 0.6 is 23.5 Å². The van der Waals surface area contributed by atoms with E-state index in [4.69, 9.17) is 4.74 Å². The van der Waals surface area contributed by atoms with Crippen molar-refractivity contribution in [3.05, 3.63) is 16.0 Å². The smallest absolute Gasteiger partial charge is 0.318 e. The highest BCUT2D eigenvalue weighted by Crippen LogP contribution is 2.34. The summed E-state index contributed by atoms with van der Waals surface area (Å²) >= 11 is 2.87. The van der Waals surface area contributed by atoms with Crippen molar-refractivity contribution in [2.75, 3.05) is 7.11 Å². The first-order valence-corrected chi connectivity index (χ1v) is 8.28. The average molecular weight is 314 g/mol. The SMILES string of the molecule is CCn1c(S[C@H](C)C(=O)OC)nc2c(c1=O)S[C@H](C)C2. The van der Waals surface area contributed by atoms with Gasteiger partial charge in [0.05, 0.1) is 17.7 Å². The first-order chi connectivity index (χ1) is 9.47. The molecule has 2 atom stereocenters. The minimum absolute atomic E-state index is 0.00594. The Bertz CT molecular complexity index is 586. The fraction of sp³-hybridized carbons (Fsp3) is 0.615. The Morgan fingerprint density at radius 2 is 2.35 bits per heavy atom. The summed E-state index contributed by atoms with van der Waals surface area (Å²) in [5.74, 6) is -0.310. The van der Waals surface area contributed by atoms with E-state index in [0.717, 1.165) is 17.0 Å². The number of carbonyl (C=O) groups is 1. The molecule has 0 bridgehead atoms. The lowest BCUT2D eigenvalue weighted by molar-refractivity contribution is -0.139. The number of hydrogen-bond acceptors (Lipinski definition) is 6. The second-order valence-corrected chi connectivity index (χ2v) is 7.39. The maximum atomic E-state index is 12.5. The highest BCUT2D eigenvalue weighted by molar-refractivity contribution is 8.00. The van der Waals surface area contributed by atoms with Crippen LogP contribution in [0.15, 0.2) is 14.8 Å². The van der Waals surface area contributed by atoms with E-state index in [2.05, 4.69) is 11.9 Å². The molecule has 7 heteroatoms. The van der Waals surface area contributed by atoms with Gasteiger partial charge in [-0.05, 0) is 13.8 Å². The number of thioether (sulfide) groups is 2. The third-order valence-electron chi connectivity index (χ3n) is 3.09. The van der Waals surface area contributed by atoms with Crippen molar-refractivity contribution in [2.24, 2.45) is 0 Å². The lowest BCUT2D eigenvalue weighted by Gasteiger charge is -2.14. The number of methoxy groups -OCH3 is 1. The van der Waals surface area contributed by atoms with E-state index in [1.165, 1.54) is 18.9 Å². The molecule has 5 nitrogen and oxygen atoms in total. The van der Waals surface area contributed by atoms with E-state index in [9.17, 15) is 9.59 Å². The van der Waals surface area contributed by atoms with Crippen LogP contribution < -0.4 is 5.56 Å². The van der Waals surface area contributed by atoms with Crippen molar-refractivity contribution >= 4 is 29.5 Å². The molecule has 20 heavy (non-hydrogen) atoms. The summed E-state index contributed by atoms with van der Waals surface area (Å²) < 4.78 is 6.35. The van der Waals surface area contributed by atoms with E-state index in [1.54, 1.807) is 23.3 Å². The number of hydrogen-bond donors (Lipinski definition) is 0. The maximum absolute atomic E-state index is 12.5. The second kappa shape index (κ2) is 6.22. The lowest BCUT2D eigenvalue weighted by Crippen LogP contribution is -2.26. The molecule has 0 unspecified atom stereocenters. The molecular formula is C13H18N2O3S2. The number of fused-ring (bicyclic) bond motifs is 1. The molecule has 0 amide bonds. The molecule has 2 rings (SSSR count). The molecule has 1 aliphatic rings. The predicted octanol–water partition coefficient (Wildman–Crippen LogP) is 1.95. The van der Waals surface area contributed by atoms with Gasteiger partial charge in [-0.2, -0.15) is 0 Å². The molecular weight excluding hydrogens is 296 g/mol. The van der Waals surface area contributed by atoms with Crippen LogP contribution in [0.25, 0.3) is 0 Å². The summed E-state index contributed by atoms with van der Waals surface area (Å²) in [6.45, 7) is 6.30. The molecule has 1 aliphatic heterocycles. The van der Waals surface area contributed by atoms with Gasteiger partial charge in [-0.25, -0.2) is 4.98 Å². The van der Waals surface area contributed by atoms with Crippen LogP contribution in [0, 0.1) is 0 Å².